The van der Waals surface area contributed by atoms with Crippen molar-refractivity contribution in [2.75, 3.05) is 0 Å². The lowest BCUT2D eigenvalue weighted by atomic mass is 9.99. The number of aliphatic imine (C=N–C) groups is 1. The fourth-order valence-corrected chi connectivity index (χ4v) is 4.93. The molecule has 163 valence electrons. The second-order valence-corrected chi connectivity index (χ2v) is 9.16. The smallest absolute Gasteiger partial charge is 0.383 e. The van der Waals surface area contributed by atoms with Gasteiger partial charge in [0.05, 0.1) is 12.1 Å². The number of nitrogens with zero attached hydrogens (tertiary/aromatic N) is 4. The third-order valence-corrected chi connectivity index (χ3v) is 6.69. The first-order chi connectivity index (χ1) is 15.3. The van der Waals surface area contributed by atoms with Crippen LogP contribution in [0.25, 0.3) is 5.00 Å². The molecule has 3 heterocycles. The van der Waals surface area contributed by atoms with Crippen molar-refractivity contribution < 1.29 is 9.59 Å². The van der Waals surface area contributed by atoms with E-state index < -0.39 is 6.04 Å². The molecule has 1 aromatic carbocycles. The summed E-state index contributed by atoms with van der Waals surface area (Å²) < 4.78 is 1.99. The van der Waals surface area contributed by atoms with Gasteiger partial charge in [0.2, 0.25) is 11.8 Å². The minimum Gasteiger partial charge on any atom is -0.383 e. The molecule has 4 rings (SSSR count). The number of amides is 2. The number of benzene rings is 1. The molecule has 0 bridgehead atoms. The van der Waals surface area contributed by atoms with Gasteiger partial charge in [-0.1, -0.05) is 23.7 Å². The van der Waals surface area contributed by atoms with Gasteiger partial charge >= 0.3 is 7.55 Å². The molecule has 3 aromatic rings. The van der Waals surface area contributed by atoms with Crippen LogP contribution in [-0.4, -0.2) is 39.8 Å². The van der Waals surface area contributed by atoms with E-state index in [2.05, 4.69) is 34.5 Å². The van der Waals surface area contributed by atoms with Crippen LogP contribution in [0.4, 0.5) is 0 Å². The first kappa shape index (κ1) is 22.2. The van der Waals surface area contributed by atoms with E-state index >= 15 is 0 Å². The predicted molar refractivity (Wildman–Crippen MR) is 126 cm³/mol. The summed E-state index contributed by atoms with van der Waals surface area (Å²) in [6.45, 7) is 7.41. The highest BCUT2D eigenvalue weighted by atomic mass is 35.5. The number of carbonyl (C=O) groups is 2. The number of thiophene rings is 1. The quantitative estimate of drug-likeness (QED) is 0.563. The van der Waals surface area contributed by atoms with Crippen LogP contribution in [-0.2, 0) is 9.59 Å². The average Bonchev–Trinajstić information content (AvgIpc) is 3.21. The summed E-state index contributed by atoms with van der Waals surface area (Å²) in [6.07, 6.45) is 0.0400. The van der Waals surface area contributed by atoms with E-state index in [-0.39, 0.29) is 18.2 Å². The Morgan fingerprint density at radius 3 is 2.56 bits per heavy atom. The first-order valence-corrected chi connectivity index (χ1v) is 11.2. The summed E-state index contributed by atoms with van der Waals surface area (Å²) in [6, 6.07) is 6.95. The zero-order valence-electron chi connectivity index (χ0n) is 18.1. The molecule has 2 aromatic heterocycles. The molecule has 32 heavy (non-hydrogen) atoms. The first-order valence-electron chi connectivity index (χ1n) is 10.0. The maximum Gasteiger partial charge on any atom is 0.390 e. The number of carbonyl (C=O) groups excluding carboxylic acids is 2. The Hall–Kier alpha value is -2.98. The van der Waals surface area contributed by atoms with Gasteiger partial charge in [-0.25, -0.2) is 0 Å². The van der Waals surface area contributed by atoms with Crippen LogP contribution in [0.3, 0.4) is 0 Å². The van der Waals surface area contributed by atoms with E-state index in [9.17, 15) is 9.59 Å². The Kier molecular flexibility index (Phi) is 6.16. The molecule has 11 heteroatoms. The van der Waals surface area contributed by atoms with Crippen LogP contribution >= 0.6 is 22.9 Å². The van der Waals surface area contributed by atoms with Crippen LogP contribution in [0.5, 0.6) is 0 Å². The minimum absolute atomic E-state index is 0.0400. The molecule has 1 atom stereocenters. The molecule has 1 radical (unpaired) electrons. The molecule has 0 saturated carbocycles. The zero-order valence-corrected chi connectivity index (χ0v) is 19.6. The highest BCUT2D eigenvalue weighted by Crippen LogP contribution is 2.39. The highest BCUT2D eigenvalue weighted by molar-refractivity contribution is 7.15. The van der Waals surface area contributed by atoms with E-state index in [1.807, 2.05) is 35.8 Å². The molecule has 2 N–H and O–H groups in total. The summed E-state index contributed by atoms with van der Waals surface area (Å²) in [5.74, 6) is 0.760. The third kappa shape index (κ3) is 4.20. The molecule has 0 spiro atoms. The van der Waals surface area contributed by atoms with Gasteiger partial charge in [0.1, 0.15) is 16.9 Å². The Morgan fingerprint density at radius 2 is 1.88 bits per heavy atom. The summed E-state index contributed by atoms with van der Waals surface area (Å²) in [5, 5.41) is 15.3. The van der Waals surface area contributed by atoms with Gasteiger partial charge < -0.3 is 10.5 Å². The lowest BCUT2D eigenvalue weighted by Crippen LogP contribution is -2.40. The van der Waals surface area contributed by atoms with E-state index in [1.165, 1.54) is 19.4 Å². The number of hydrogen-bond donors (Lipinski definition) is 2. The molecule has 0 unspecified atom stereocenters. The van der Waals surface area contributed by atoms with E-state index in [4.69, 9.17) is 16.6 Å². The standard InChI is InChI=1S/C21H21BClN6O2S/c1-10-11(2)32-21-18(10)19(14-5-7-15(23)8-6-14)24-16(20-28-27-12(3)29(20)21)9-17(31)26-22-25-13(4)30/h5-8,16H,9H2,1-4H3,(H,25,30)(H,26,31)/t16-/m0/s1. The van der Waals surface area contributed by atoms with Crippen molar-refractivity contribution in [1.82, 2.24) is 25.2 Å². The molecule has 8 nitrogen and oxygen atoms in total. The fraction of sp³-hybridized carbons (Fsp3) is 0.286. The Balaban J connectivity index is 1.82. The van der Waals surface area contributed by atoms with Crippen molar-refractivity contribution in [3.63, 3.8) is 0 Å². The average molecular weight is 468 g/mol. The van der Waals surface area contributed by atoms with Crippen molar-refractivity contribution in [2.24, 2.45) is 4.99 Å². The van der Waals surface area contributed by atoms with Gasteiger partial charge in [-0.2, -0.15) is 0 Å². The molecular formula is C21H21BClN6O2S. The molecule has 0 aliphatic carbocycles. The van der Waals surface area contributed by atoms with E-state index in [0.29, 0.717) is 10.8 Å². The minimum atomic E-state index is -0.563. The summed E-state index contributed by atoms with van der Waals surface area (Å²) in [7, 11) is 1.23. The number of rotatable bonds is 5. The van der Waals surface area contributed by atoms with Crippen molar-refractivity contribution in [3.05, 3.63) is 62.5 Å². The Bertz CT molecular complexity index is 1230. The topological polar surface area (TPSA) is 101 Å². The summed E-state index contributed by atoms with van der Waals surface area (Å²) in [5.41, 5.74) is 3.82. The van der Waals surface area contributed by atoms with Crippen molar-refractivity contribution in [2.45, 2.75) is 40.2 Å². The molecule has 0 saturated heterocycles. The van der Waals surface area contributed by atoms with Gasteiger partial charge in [-0.3, -0.25) is 19.1 Å². The van der Waals surface area contributed by atoms with Gasteiger partial charge in [0.25, 0.3) is 0 Å². The largest absolute Gasteiger partial charge is 0.390 e. The number of aromatic nitrogens is 3. The van der Waals surface area contributed by atoms with E-state index in [1.54, 1.807) is 11.3 Å². The lowest BCUT2D eigenvalue weighted by Gasteiger charge is -2.13. The van der Waals surface area contributed by atoms with Gasteiger partial charge in [0, 0.05) is 28.0 Å². The van der Waals surface area contributed by atoms with Gasteiger partial charge in [-0.05, 0) is 38.5 Å². The molecular weight excluding hydrogens is 447 g/mol. The molecule has 1 aliphatic rings. The van der Waals surface area contributed by atoms with Crippen LogP contribution in [0, 0.1) is 20.8 Å². The van der Waals surface area contributed by atoms with Crippen LogP contribution < -0.4 is 10.5 Å². The monoisotopic (exact) mass is 467 g/mol. The SMILES string of the molecule is CC(=O)N[B]NC(=O)C[C@@H]1N=C(c2ccc(Cl)cc2)c2c(sc(C)c2C)-n2c(C)nnc21. The maximum atomic E-state index is 12.6. The van der Waals surface area contributed by atoms with Gasteiger partial charge in [-0.15, -0.1) is 21.5 Å². The predicted octanol–water partition coefficient (Wildman–Crippen LogP) is 2.98. The molecule has 2 amide bonds. The second kappa shape index (κ2) is 8.87. The van der Waals surface area contributed by atoms with Crippen LogP contribution in [0.1, 0.15) is 52.6 Å². The number of halogens is 1. The molecule has 1 aliphatic heterocycles. The summed E-state index contributed by atoms with van der Waals surface area (Å²) >= 11 is 7.77. The highest BCUT2D eigenvalue weighted by Gasteiger charge is 2.32. The Labute approximate surface area is 195 Å². The van der Waals surface area contributed by atoms with Crippen LogP contribution in [0.2, 0.25) is 5.02 Å². The number of hydrogen-bond acceptors (Lipinski definition) is 6. The van der Waals surface area contributed by atoms with Crippen LogP contribution in [0.15, 0.2) is 29.3 Å². The number of nitrogens with one attached hydrogen (secondary N) is 2. The van der Waals surface area contributed by atoms with Gasteiger partial charge in [0.15, 0.2) is 5.82 Å². The third-order valence-electron chi connectivity index (χ3n) is 5.24. The summed E-state index contributed by atoms with van der Waals surface area (Å²) in [4.78, 5) is 29.9. The van der Waals surface area contributed by atoms with E-state index in [0.717, 1.165) is 33.2 Å². The van der Waals surface area contributed by atoms with Crippen molar-refractivity contribution in [1.29, 1.82) is 0 Å². The molecule has 0 fully saturated rings. The van der Waals surface area contributed by atoms with Crippen molar-refractivity contribution >= 4 is 48.0 Å². The maximum absolute atomic E-state index is 12.6. The number of fused-ring (bicyclic) bond motifs is 3. The Morgan fingerprint density at radius 1 is 1.16 bits per heavy atom. The normalized spacial score (nSPS) is 14.7. The van der Waals surface area contributed by atoms with Crippen molar-refractivity contribution in [3.8, 4) is 5.00 Å². The number of aryl methyl sites for hydroxylation is 2. The second-order valence-electron chi connectivity index (χ2n) is 7.52. The lowest BCUT2D eigenvalue weighted by molar-refractivity contribution is -0.119. The fourth-order valence-electron chi connectivity index (χ4n) is 3.59. The zero-order chi connectivity index (χ0) is 23.0.